The molecule has 18 heteroatoms. The van der Waals surface area contributed by atoms with Gasteiger partial charge >= 0.3 is 10.4 Å². The van der Waals surface area contributed by atoms with Crippen LogP contribution in [0.4, 0.5) is 5.13 Å². The minimum absolute atomic E-state index is 0.159. The fourth-order valence-electron chi connectivity index (χ4n) is 2.87. The zero-order valence-electron chi connectivity index (χ0n) is 19.3. The van der Waals surface area contributed by atoms with E-state index in [0.717, 1.165) is 12.3 Å². The number of nitrogens with one attached hydrogen (secondary N) is 1. The van der Waals surface area contributed by atoms with Crippen LogP contribution in [0.1, 0.15) is 45.2 Å². The maximum absolute atomic E-state index is 11.4. The van der Waals surface area contributed by atoms with Crippen molar-refractivity contribution in [2.24, 2.45) is 5.16 Å². The molecule has 0 spiro atoms. The number of β-lactam (4-membered cyclic amide) rings is 1. The van der Waals surface area contributed by atoms with Gasteiger partial charge in [0.1, 0.15) is 23.1 Å². The van der Waals surface area contributed by atoms with Crippen LogP contribution in [0.3, 0.4) is 0 Å². The molecule has 1 fully saturated rings. The number of carbonyl (C=O) groups is 2. The van der Waals surface area contributed by atoms with Crippen molar-refractivity contribution in [1.29, 1.82) is 0 Å². The highest BCUT2D eigenvalue weighted by Crippen LogP contribution is 2.32. The maximum Gasteiger partial charge on any atom is 0.418 e. The summed E-state index contributed by atoms with van der Waals surface area (Å²) in [4.78, 5) is 42.1. The number of thiazole rings is 1. The van der Waals surface area contributed by atoms with Crippen molar-refractivity contribution in [3.63, 3.8) is 0 Å². The predicted molar refractivity (Wildman–Crippen MR) is 124 cm³/mol. The van der Waals surface area contributed by atoms with Gasteiger partial charge in [-0.2, -0.15) is 18.2 Å². The highest BCUT2D eigenvalue weighted by Gasteiger charge is 2.57. The van der Waals surface area contributed by atoms with Gasteiger partial charge in [0.15, 0.2) is 17.0 Å². The van der Waals surface area contributed by atoms with Crippen LogP contribution in [0, 0.1) is 0 Å². The lowest BCUT2D eigenvalue weighted by atomic mass is 9.85. The average Bonchev–Trinajstić information content (AvgIpc) is 3.22. The van der Waals surface area contributed by atoms with Gasteiger partial charge in [-0.25, -0.2) is 4.98 Å². The Morgan fingerprint density at radius 2 is 2.06 bits per heavy atom. The van der Waals surface area contributed by atoms with Crippen molar-refractivity contribution in [2.75, 3.05) is 5.73 Å². The Balaban J connectivity index is 0.000000269. The summed E-state index contributed by atoms with van der Waals surface area (Å²) >= 11 is 1.29. The lowest BCUT2D eigenvalue weighted by Gasteiger charge is -2.50. The lowest BCUT2D eigenvalue weighted by Crippen LogP contribution is -2.75. The molecule has 0 bridgehead atoms. The largest absolute Gasteiger partial charge is 0.503 e. The van der Waals surface area contributed by atoms with Gasteiger partial charge in [-0.3, -0.25) is 18.9 Å². The molecule has 0 aliphatic carbocycles. The predicted octanol–water partition coefficient (Wildman–Crippen LogP) is -0.212. The maximum atomic E-state index is 11.4. The van der Waals surface area contributed by atoms with Crippen LogP contribution in [0.2, 0.25) is 0 Å². The van der Waals surface area contributed by atoms with E-state index >= 15 is 0 Å². The van der Waals surface area contributed by atoms with Gasteiger partial charge in [0.05, 0.1) is 11.7 Å². The summed E-state index contributed by atoms with van der Waals surface area (Å²) in [5, 5.41) is 27.6. The SMILES string of the molecule is C/C(=N\OC(C)c1cc(=O)c(O)cn1O)c1csc(N)n1.CC1(C)C(NC=O)C(=O)N1OS(=O)(=O)O. The van der Waals surface area contributed by atoms with Crippen LogP contribution in [-0.4, -0.2) is 67.7 Å². The molecule has 36 heavy (non-hydrogen) atoms. The number of hydrogen-bond donors (Lipinski definition) is 5. The van der Waals surface area contributed by atoms with Gasteiger partial charge in [0.2, 0.25) is 11.8 Å². The Hall–Kier alpha value is -3.74. The van der Waals surface area contributed by atoms with Crippen molar-refractivity contribution < 1.29 is 42.0 Å². The quantitative estimate of drug-likeness (QED) is 0.0719. The topological polar surface area (TPSA) is 236 Å². The number of aromatic hydroxyl groups is 1. The van der Waals surface area contributed by atoms with E-state index in [1.54, 1.807) is 19.2 Å². The fourth-order valence-corrected chi connectivity index (χ4v) is 3.93. The second-order valence-electron chi connectivity index (χ2n) is 7.79. The van der Waals surface area contributed by atoms with Crippen molar-refractivity contribution in [3.05, 3.63) is 39.3 Å². The Bertz CT molecular complexity index is 1320. The minimum Gasteiger partial charge on any atom is -0.503 e. The molecule has 0 radical (unpaired) electrons. The molecular weight excluding hydrogens is 524 g/mol. The molecule has 3 rings (SSSR count). The smallest absolute Gasteiger partial charge is 0.418 e. The highest BCUT2D eigenvalue weighted by atomic mass is 32.3. The second-order valence-corrected chi connectivity index (χ2v) is 9.69. The molecule has 2 atom stereocenters. The van der Waals surface area contributed by atoms with Crippen molar-refractivity contribution in [3.8, 4) is 5.75 Å². The van der Waals surface area contributed by atoms with Crippen molar-refractivity contribution in [2.45, 2.75) is 45.4 Å². The third kappa shape index (κ3) is 6.68. The van der Waals surface area contributed by atoms with Crippen molar-refractivity contribution in [1.82, 2.24) is 20.1 Å². The van der Waals surface area contributed by atoms with Crippen molar-refractivity contribution >= 4 is 44.9 Å². The lowest BCUT2D eigenvalue weighted by molar-refractivity contribution is -0.218. The normalized spacial score (nSPS) is 17.9. The Morgan fingerprint density at radius 1 is 1.42 bits per heavy atom. The Labute approximate surface area is 208 Å². The number of hydrogen-bond acceptors (Lipinski definition) is 13. The first-order chi connectivity index (χ1) is 16.6. The third-order valence-electron chi connectivity index (χ3n) is 4.78. The van der Waals surface area contributed by atoms with E-state index in [1.807, 2.05) is 0 Å². The first-order valence-corrected chi connectivity index (χ1v) is 12.1. The Morgan fingerprint density at radius 3 is 2.56 bits per heavy atom. The van der Waals surface area contributed by atoms with E-state index in [0.29, 0.717) is 32.7 Å². The molecule has 2 amide bonds. The van der Waals surface area contributed by atoms with Crippen LogP contribution < -0.4 is 16.5 Å². The van der Waals surface area contributed by atoms with Gasteiger partial charge in [-0.15, -0.1) is 15.6 Å². The van der Waals surface area contributed by atoms with E-state index in [2.05, 4.69) is 19.7 Å². The number of amides is 2. The van der Waals surface area contributed by atoms with Crippen LogP contribution in [0.15, 0.2) is 27.6 Å². The van der Waals surface area contributed by atoms with E-state index in [1.165, 1.54) is 25.2 Å². The number of carbonyl (C=O) groups excluding carboxylic acids is 2. The van der Waals surface area contributed by atoms with Gasteiger partial charge in [-0.05, 0) is 27.7 Å². The number of aromatic nitrogens is 2. The first-order valence-electron chi connectivity index (χ1n) is 9.85. The minimum atomic E-state index is -4.74. The summed E-state index contributed by atoms with van der Waals surface area (Å²) in [5.74, 6) is -1.30. The number of nitrogens with two attached hydrogens (primary N) is 1. The number of nitrogen functional groups attached to an aromatic ring is 1. The molecule has 0 saturated carbocycles. The number of oxime groups is 1. The van der Waals surface area contributed by atoms with E-state index in [-0.39, 0.29) is 5.69 Å². The molecule has 6 N–H and O–H groups in total. The molecule has 1 aliphatic rings. The zero-order chi connectivity index (χ0) is 27.4. The number of nitrogens with zero attached hydrogens (tertiary/aromatic N) is 4. The summed E-state index contributed by atoms with van der Waals surface area (Å²) in [6.45, 7) is 6.25. The van der Waals surface area contributed by atoms with Crippen LogP contribution in [-0.2, 0) is 29.1 Å². The number of pyridine rings is 1. The van der Waals surface area contributed by atoms with Gasteiger partial charge in [0, 0.05) is 11.4 Å². The summed E-state index contributed by atoms with van der Waals surface area (Å²) in [6.07, 6.45) is 0.527. The molecule has 198 valence electrons. The Kier molecular flexibility index (Phi) is 8.62. The molecule has 16 nitrogen and oxygen atoms in total. The van der Waals surface area contributed by atoms with Crippen LogP contribution in [0.25, 0.3) is 0 Å². The van der Waals surface area contributed by atoms with E-state index in [4.69, 9.17) is 15.1 Å². The molecule has 2 aromatic heterocycles. The summed E-state index contributed by atoms with van der Waals surface area (Å²) in [5.41, 5.74) is 5.15. The monoisotopic (exact) mass is 548 g/mol. The molecule has 0 aromatic carbocycles. The molecular formula is C18H24N6O10S2. The second kappa shape index (κ2) is 10.9. The van der Waals surface area contributed by atoms with E-state index < -0.39 is 45.2 Å². The first kappa shape index (κ1) is 28.5. The molecule has 3 heterocycles. The molecule has 2 unspecified atom stereocenters. The zero-order valence-corrected chi connectivity index (χ0v) is 21.0. The summed E-state index contributed by atoms with van der Waals surface area (Å²) in [6, 6.07) is 0.211. The summed E-state index contributed by atoms with van der Waals surface area (Å²) < 4.78 is 33.8. The third-order valence-corrected chi connectivity index (χ3v) is 5.79. The number of anilines is 1. The molecule has 2 aromatic rings. The van der Waals surface area contributed by atoms with E-state index in [9.17, 15) is 33.1 Å². The van der Waals surface area contributed by atoms with Gasteiger partial charge in [0.25, 0.3) is 5.91 Å². The summed E-state index contributed by atoms with van der Waals surface area (Å²) in [7, 11) is -4.74. The average molecular weight is 549 g/mol. The molecule has 1 saturated heterocycles. The van der Waals surface area contributed by atoms with Crippen LogP contribution >= 0.6 is 11.3 Å². The number of rotatable bonds is 8. The fraction of sp³-hybridized carbons (Fsp3) is 0.389. The van der Waals surface area contributed by atoms with Gasteiger partial charge in [-0.1, -0.05) is 5.16 Å². The van der Waals surface area contributed by atoms with Gasteiger partial charge < -0.3 is 26.2 Å². The highest BCUT2D eigenvalue weighted by molar-refractivity contribution is 7.80. The standard InChI is InChI=1S/C12H14N4O4S.C6H10N2O6S/c1-6(8-5-21-12(13)14-8)15-20-7(2)9-3-10(17)11(18)4-16(9)19;1-6(2)4(7-3-9)5(10)8(6)14-15(11,12)13/h3-5,7,18-19H,1-2H3,(H2,13,14);3-4H,1-2H3,(H,7,9)(H,11,12,13)/b15-6+;. The molecule has 1 aliphatic heterocycles. The van der Waals surface area contributed by atoms with Crippen LogP contribution in [0.5, 0.6) is 5.75 Å². The number of hydroxylamine groups is 2.